The van der Waals surface area contributed by atoms with Crippen LogP contribution in [0.3, 0.4) is 0 Å². The number of hydrogen-bond acceptors (Lipinski definition) is 4. The van der Waals surface area contributed by atoms with E-state index in [0.29, 0.717) is 12.8 Å². The van der Waals surface area contributed by atoms with Crippen LogP contribution in [0.25, 0.3) is 16.6 Å². The summed E-state index contributed by atoms with van der Waals surface area (Å²) in [5.41, 5.74) is 2.26. The molecule has 1 amide bonds. The summed E-state index contributed by atoms with van der Waals surface area (Å²) in [4.78, 5) is 13.6. The highest BCUT2D eigenvalue weighted by molar-refractivity contribution is 7.88. The largest absolute Gasteiger partial charge is 0.273 e. The van der Waals surface area contributed by atoms with Crippen molar-refractivity contribution in [3.05, 3.63) is 95.9 Å². The number of amides is 1. The van der Waals surface area contributed by atoms with Gasteiger partial charge in [0, 0.05) is 11.9 Å². The minimum atomic E-state index is -3.66. The summed E-state index contributed by atoms with van der Waals surface area (Å²) in [5.74, 6) is -0.727. The van der Waals surface area contributed by atoms with E-state index in [2.05, 4.69) is 5.10 Å². The summed E-state index contributed by atoms with van der Waals surface area (Å²) in [7, 11) is -3.66. The lowest BCUT2D eigenvalue weighted by Crippen LogP contribution is -2.41. The molecule has 0 radical (unpaired) electrons. The first-order valence-corrected chi connectivity index (χ1v) is 12.4. The van der Waals surface area contributed by atoms with Gasteiger partial charge in [-0.1, -0.05) is 36.4 Å². The van der Waals surface area contributed by atoms with Crippen LogP contribution in [0.5, 0.6) is 0 Å². The van der Waals surface area contributed by atoms with Gasteiger partial charge in [-0.3, -0.25) is 4.79 Å². The minimum Gasteiger partial charge on any atom is -0.273 e. The SMILES string of the molecule is CS(=O)(=O)N1CCC(Cc2ccccc2)(c2ccc3c(cnn3-c3ccc(F)cc3)c2)C1=O. The highest BCUT2D eigenvalue weighted by atomic mass is 32.2. The molecule has 0 N–H and O–H groups in total. The fraction of sp³-hybridized carbons (Fsp3) is 0.200. The maximum atomic E-state index is 13.6. The van der Waals surface area contributed by atoms with Crippen LogP contribution in [0.4, 0.5) is 4.39 Å². The number of rotatable bonds is 5. The zero-order chi connectivity index (χ0) is 23.2. The molecule has 1 fully saturated rings. The van der Waals surface area contributed by atoms with E-state index in [0.717, 1.165) is 38.3 Å². The summed E-state index contributed by atoms with van der Waals surface area (Å²) < 4.78 is 40.6. The van der Waals surface area contributed by atoms with Crippen molar-refractivity contribution >= 4 is 26.8 Å². The lowest BCUT2D eigenvalue weighted by Gasteiger charge is -2.28. The van der Waals surface area contributed by atoms with Gasteiger partial charge in [-0.25, -0.2) is 21.8 Å². The molecule has 1 aliphatic heterocycles. The fourth-order valence-corrected chi connectivity index (χ4v) is 5.55. The molecule has 2 heterocycles. The summed E-state index contributed by atoms with van der Waals surface area (Å²) in [6.45, 7) is 0.150. The zero-order valence-corrected chi connectivity index (χ0v) is 18.8. The van der Waals surface area contributed by atoms with Gasteiger partial charge in [-0.15, -0.1) is 0 Å². The van der Waals surface area contributed by atoms with Gasteiger partial charge in [0.25, 0.3) is 0 Å². The predicted octanol–water partition coefficient (Wildman–Crippen LogP) is 3.84. The molecule has 0 saturated carbocycles. The molecule has 6 nitrogen and oxygen atoms in total. The average Bonchev–Trinajstić information content (AvgIpc) is 3.36. The lowest BCUT2D eigenvalue weighted by atomic mass is 9.74. The number of carbonyl (C=O) groups is 1. The summed E-state index contributed by atoms with van der Waals surface area (Å²) in [5, 5.41) is 5.26. The number of carbonyl (C=O) groups excluding carboxylic acids is 1. The highest BCUT2D eigenvalue weighted by Gasteiger charge is 2.50. The third kappa shape index (κ3) is 3.70. The normalized spacial score (nSPS) is 18.8. The van der Waals surface area contributed by atoms with Gasteiger partial charge in [0.05, 0.1) is 29.1 Å². The Hall–Kier alpha value is -3.52. The maximum Gasteiger partial charge on any atom is 0.247 e. The van der Waals surface area contributed by atoms with Crippen molar-refractivity contribution in [2.75, 3.05) is 12.8 Å². The van der Waals surface area contributed by atoms with Crippen molar-refractivity contribution < 1.29 is 17.6 Å². The maximum absolute atomic E-state index is 13.6. The van der Waals surface area contributed by atoms with Gasteiger partial charge >= 0.3 is 0 Å². The van der Waals surface area contributed by atoms with Crippen molar-refractivity contribution in [2.24, 2.45) is 0 Å². The van der Waals surface area contributed by atoms with E-state index >= 15 is 0 Å². The fourth-order valence-electron chi connectivity index (χ4n) is 4.65. The number of halogens is 1. The molecule has 4 aromatic rings. The van der Waals surface area contributed by atoms with Crippen molar-refractivity contribution in [2.45, 2.75) is 18.3 Å². The third-order valence-corrected chi connectivity index (χ3v) is 7.47. The Balaban J connectivity index is 1.61. The van der Waals surface area contributed by atoms with E-state index < -0.39 is 21.3 Å². The number of aromatic nitrogens is 2. The Bertz CT molecular complexity index is 1450. The molecule has 0 bridgehead atoms. The van der Waals surface area contributed by atoms with Crippen LogP contribution in [-0.4, -0.2) is 41.2 Å². The van der Waals surface area contributed by atoms with Gasteiger partial charge < -0.3 is 0 Å². The second-order valence-electron chi connectivity index (χ2n) is 8.44. The zero-order valence-electron chi connectivity index (χ0n) is 18.0. The highest BCUT2D eigenvalue weighted by Crippen LogP contribution is 2.41. The standard InChI is InChI=1S/C25H22FN3O3S/c1-33(31,32)28-14-13-25(24(28)30,16-18-5-3-2-4-6-18)20-7-12-23-19(15-20)17-27-29(23)22-10-8-21(26)9-11-22/h2-12,15,17H,13-14,16H2,1H3. The van der Waals surface area contributed by atoms with Crippen LogP contribution in [0.2, 0.25) is 0 Å². The van der Waals surface area contributed by atoms with Gasteiger partial charge in [0.1, 0.15) is 5.82 Å². The second-order valence-corrected chi connectivity index (χ2v) is 10.3. The van der Waals surface area contributed by atoms with Crippen LogP contribution in [0.1, 0.15) is 17.5 Å². The molecule has 0 spiro atoms. The molecule has 0 aliphatic carbocycles. The first-order valence-electron chi connectivity index (χ1n) is 10.6. The molecule has 33 heavy (non-hydrogen) atoms. The Morgan fingerprint density at radius 2 is 1.76 bits per heavy atom. The predicted molar refractivity (Wildman–Crippen MR) is 124 cm³/mol. The molecule has 1 unspecified atom stereocenters. The molecule has 1 saturated heterocycles. The van der Waals surface area contributed by atoms with E-state index in [1.807, 2.05) is 48.5 Å². The number of benzene rings is 3. The summed E-state index contributed by atoms with van der Waals surface area (Å²) in [6.07, 6.45) is 3.56. The Labute approximate surface area is 191 Å². The molecule has 168 valence electrons. The number of fused-ring (bicyclic) bond motifs is 1. The van der Waals surface area contributed by atoms with Gasteiger partial charge in [-0.2, -0.15) is 5.10 Å². The number of sulfonamides is 1. The quantitative estimate of drug-likeness (QED) is 0.451. The molecule has 5 rings (SSSR count). The molecule has 1 atom stereocenters. The Kier molecular flexibility index (Phi) is 5.05. The van der Waals surface area contributed by atoms with Gasteiger partial charge in [-0.05, 0) is 60.4 Å². The second kappa shape index (κ2) is 7.81. The monoisotopic (exact) mass is 463 g/mol. The average molecular weight is 464 g/mol. The van der Waals surface area contributed by atoms with Crippen molar-refractivity contribution in [3.63, 3.8) is 0 Å². The summed E-state index contributed by atoms with van der Waals surface area (Å²) in [6, 6.07) is 21.3. The minimum absolute atomic E-state index is 0.150. The van der Waals surface area contributed by atoms with E-state index in [1.54, 1.807) is 23.0 Å². The van der Waals surface area contributed by atoms with E-state index in [9.17, 15) is 17.6 Å². The molecule has 8 heteroatoms. The van der Waals surface area contributed by atoms with Crippen LogP contribution < -0.4 is 0 Å². The third-order valence-electron chi connectivity index (χ3n) is 6.32. The topological polar surface area (TPSA) is 72.3 Å². The van der Waals surface area contributed by atoms with Crippen molar-refractivity contribution in [1.29, 1.82) is 0 Å². The Morgan fingerprint density at radius 1 is 1.03 bits per heavy atom. The van der Waals surface area contributed by atoms with Gasteiger partial charge in [0.2, 0.25) is 15.9 Å². The van der Waals surface area contributed by atoms with Crippen LogP contribution >= 0.6 is 0 Å². The first-order chi connectivity index (χ1) is 15.8. The molecular formula is C25H22FN3O3S. The van der Waals surface area contributed by atoms with Crippen LogP contribution in [-0.2, 0) is 26.7 Å². The number of nitrogens with zero attached hydrogens (tertiary/aromatic N) is 3. The summed E-state index contributed by atoms with van der Waals surface area (Å²) >= 11 is 0. The molecule has 1 aromatic heterocycles. The van der Waals surface area contributed by atoms with Crippen molar-refractivity contribution in [3.8, 4) is 5.69 Å². The van der Waals surface area contributed by atoms with Crippen molar-refractivity contribution in [1.82, 2.24) is 14.1 Å². The van der Waals surface area contributed by atoms with E-state index in [1.165, 1.54) is 12.1 Å². The van der Waals surface area contributed by atoms with Crippen LogP contribution in [0, 0.1) is 5.82 Å². The van der Waals surface area contributed by atoms with E-state index in [-0.39, 0.29) is 12.4 Å². The Morgan fingerprint density at radius 3 is 2.42 bits per heavy atom. The van der Waals surface area contributed by atoms with Crippen LogP contribution in [0.15, 0.2) is 79.0 Å². The first kappa shape index (κ1) is 21.3. The smallest absolute Gasteiger partial charge is 0.247 e. The lowest BCUT2D eigenvalue weighted by molar-refractivity contribution is -0.128. The van der Waals surface area contributed by atoms with E-state index in [4.69, 9.17) is 0 Å². The van der Waals surface area contributed by atoms with Gasteiger partial charge in [0.15, 0.2) is 0 Å². The molecule has 1 aliphatic rings. The number of hydrogen-bond donors (Lipinski definition) is 0. The molecule has 3 aromatic carbocycles. The molecular weight excluding hydrogens is 441 g/mol.